The Labute approximate surface area is 160 Å². The van der Waals surface area contributed by atoms with Gasteiger partial charge in [-0.05, 0) is 25.0 Å². The lowest BCUT2D eigenvalue weighted by molar-refractivity contribution is -0.116. The maximum atomic E-state index is 12.5. The molecule has 0 radical (unpaired) electrons. The third-order valence-corrected chi connectivity index (χ3v) is 6.20. The fourth-order valence-corrected chi connectivity index (χ4v) is 4.71. The number of amides is 1. The van der Waals surface area contributed by atoms with E-state index >= 15 is 0 Å². The summed E-state index contributed by atoms with van der Waals surface area (Å²) in [4.78, 5) is 30.4. The number of carbonyl (C=O) groups is 1. The van der Waals surface area contributed by atoms with Crippen LogP contribution in [0.5, 0.6) is 0 Å². The maximum absolute atomic E-state index is 12.5. The number of nitrogens with one attached hydrogen (secondary N) is 1. The molecule has 0 unspecified atom stereocenters. The van der Waals surface area contributed by atoms with Crippen LogP contribution in [0.4, 0.5) is 5.69 Å². The van der Waals surface area contributed by atoms with E-state index in [2.05, 4.69) is 15.4 Å². The first-order chi connectivity index (χ1) is 13.1. The van der Waals surface area contributed by atoms with Crippen LogP contribution in [0.2, 0.25) is 0 Å². The van der Waals surface area contributed by atoms with Crippen molar-refractivity contribution in [2.45, 2.75) is 42.4 Å². The third kappa shape index (κ3) is 3.75. The summed E-state index contributed by atoms with van der Waals surface area (Å²) in [5.41, 5.74) is 1.04. The number of fused-ring (bicyclic) bond motifs is 1. The Hall–Kier alpha value is -2.61. The molecule has 0 spiro atoms. The Morgan fingerprint density at radius 3 is 2.89 bits per heavy atom. The summed E-state index contributed by atoms with van der Waals surface area (Å²) in [7, 11) is 1.73. The van der Waals surface area contributed by atoms with Crippen molar-refractivity contribution in [1.82, 2.24) is 19.3 Å². The summed E-state index contributed by atoms with van der Waals surface area (Å²) in [6, 6.07) is 7.83. The molecule has 0 aliphatic heterocycles. The van der Waals surface area contributed by atoms with Crippen molar-refractivity contribution in [2.24, 2.45) is 7.05 Å². The molecule has 4 rings (SSSR count). The Morgan fingerprint density at radius 2 is 2.07 bits per heavy atom. The lowest BCUT2D eigenvalue weighted by atomic mass is 10.3. The van der Waals surface area contributed by atoms with Crippen molar-refractivity contribution < 1.29 is 4.79 Å². The molecule has 0 atom stereocenters. The summed E-state index contributed by atoms with van der Waals surface area (Å²) >= 11 is 1.83. The van der Waals surface area contributed by atoms with Gasteiger partial charge in [0, 0.05) is 17.2 Å². The highest BCUT2D eigenvalue weighted by Gasteiger charge is 2.18. The molecule has 1 aliphatic carbocycles. The van der Waals surface area contributed by atoms with E-state index in [0.717, 1.165) is 10.6 Å². The number of thioether (sulfide) groups is 1. The van der Waals surface area contributed by atoms with Crippen molar-refractivity contribution in [3.8, 4) is 0 Å². The van der Waals surface area contributed by atoms with Crippen LogP contribution in [0, 0.1) is 0 Å². The third-order valence-electron chi connectivity index (χ3n) is 4.79. The van der Waals surface area contributed by atoms with Crippen LogP contribution in [0.15, 0.2) is 46.5 Å². The van der Waals surface area contributed by atoms with Crippen LogP contribution in [-0.4, -0.2) is 30.5 Å². The van der Waals surface area contributed by atoms with E-state index in [1.807, 2.05) is 36.0 Å². The number of nitrogens with zero attached hydrogens (tertiary/aromatic N) is 4. The van der Waals surface area contributed by atoms with E-state index in [1.54, 1.807) is 7.05 Å². The van der Waals surface area contributed by atoms with Gasteiger partial charge in [0.15, 0.2) is 5.65 Å². The van der Waals surface area contributed by atoms with Crippen LogP contribution >= 0.6 is 11.8 Å². The van der Waals surface area contributed by atoms with E-state index in [0.29, 0.717) is 16.3 Å². The predicted molar refractivity (Wildman–Crippen MR) is 106 cm³/mol. The zero-order chi connectivity index (χ0) is 18.8. The molecule has 1 fully saturated rings. The molecular weight excluding hydrogens is 362 g/mol. The first-order valence-corrected chi connectivity index (χ1v) is 9.92. The molecule has 1 saturated carbocycles. The zero-order valence-electron chi connectivity index (χ0n) is 15.1. The van der Waals surface area contributed by atoms with Gasteiger partial charge in [-0.3, -0.25) is 18.8 Å². The number of aryl methyl sites for hydroxylation is 1. The Bertz CT molecular complexity index is 1040. The SMILES string of the molecule is Cn1ncc2c(=O)n(CC(=O)Nc3ccccc3SC3CCCC3)cnc21. The summed E-state index contributed by atoms with van der Waals surface area (Å²) in [5, 5.41) is 8.01. The normalized spacial score (nSPS) is 14.7. The molecule has 1 aliphatic rings. The molecule has 1 aromatic carbocycles. The monoisotopic (exact) mass is 383 g/mol. The van der Waals surface area contributed by atoms with Crippen molar-refractivity contribution in [2.75, 3.05) is 5.32 Å². The van der Waals surface area contributed by atoms with E-state index in [-0.39, 0.29) is 18.0 Å². The van der Waals surface area contributed by atoms with Gasteiger partial charge in [-0.15, -0.1) is 11.8 Å². The van der Waals surface area contributed by atoms with Gasteiger partial charge >= 0.3 is 0 Å². The van der Waals surface area contributed by atoms with Crippen LogP contribution < -0.4 is 10.9 Å². The van der Waals surface area contributed by atoms with E-state index in [9.17, 15) is 9.59 Å². The van der Waals surface area contributed by atoms with Crippen LogP contribution in [0.1, 0.15) is 25.7 Å². The quantitative estimate of drug-likeness (QED) is 0.733. The first kappa shape index (κ1) is 17.8. The van der Waals surface area contributed by atoms with Gasteiger partial charge in [0.25, 0.3) is 5.56 Å². The molecule has 27 heavy (non-hydrogen) atoms. The number of para-hydroxylation sites is 1. The van der Waals surface area contributed by atoms with Gasteiger partial charge in [-0.25, -0.2) is 4.98 Å². The molecule has 0 saturated heterocycles. The molecule has 0 bridgehead atoms. The molecule has 140 valence electrons. The molecular formula is C19H21N5O2S. The fraction of sp³-hybridized carbons (Fsp3) is 0.368. The molecule has 2 aromatic heterocycles. The Morgan fingerprint density at radius 1 is 1.30 bits per heavy atom. The number of anilines is 1. The molecule has 1 amide bonds. The van der Waals surface area contributed by atoms with Crippen LogP contribution in [0.25, 0.3) is 11.0 Å². The van der Waals surface area contributed by atoms with Crippen molar-refractivity contribution in [1.29, 1.82) is 0 Å². The zero-order valence-corrected chi connectivity index (χ0v) is 15.9. The van der Waals surface area contributed by atoms with Gasteiger partial charge in [0.1, 0.15) is 18.3 Å². The summed E-state index contributed by atoms with van der Waals surface area (Å²) in [5.74, 6) is -0.249. The molecule has 1 N–H and O–H groups in total. The van der Waals surface area contributed by atoms with Crippen molar-refractivity contribution >= 4 is 34.4 Å². The lowest BCUT2D eigenvalue weighted by Gasteiger charge is -2.14. The largest absolute Gasteiger partial charge is 0.324 e. The number of benzene rings is 1. The Balaban J connectivity index is 1.50. The average Bonchev–Trinajstić information content (AvgIpc) is 3.29. The van der Waals surface area contributed by atoms with Gasteiger partial charge in [0.2, 0.25) is 5.91 Å². The topological polar surface area (TPSA) is 81.8 Å². The minimum atomic E-state index is -0.267. The van der Waals surface area contributed by atoms with Gasteiger partial charge in [0.05, 0.1) is 11.9 Å². The number of hydrogen-bond donors (Lipinski definition) is 1. The minimum Gasteiger partial charge on any atom is -0.324 e. The van der Waals surface area contributed by atoms with Gasteiger partial charge in [-0.2, -0.15) is 5.10 Å². The highest BCUT2D eigenvalue weighted by molar-refractivity contribution is 8.00. The summed E-state index contributed by atoms with van der Waals surface area (Å²) in [6.07, 6.45) is 7.87. The number of hydrogen-bond acceptors (Lipinski definition) is 5. The average molecular weight is 383 g/mol. The number of aromatic nitrogens is 4. The smallest absolute Gasteiger partial charge is 0.264 e. The number of carbonyl (C=O) groups excluding carboxylic acids is 1. The lowest BCUT2D eigenvalue weighted by Crippen LogP contribution is -2.28. The Kier molecular flexibility index (Phi) is 4.98. The van der Waals surface area contributed by atoms with Crippen molar-refractivity contribution in [3.05, 3.63) is 47.1 Å². The molecule has 3 aromatic rings. The van der Waals surface area contributed by atoms with Gasteiger partial charge in [-0.1, -0.05) is 25.0 Å². The molecule has 7 nitrogen and oxygen atoms in total. The highest BCUT2D eigenvalue weighted by atomic mass is 32.2. The second-order valence-electron chi connectivity index (χ2n) is 6.75. The second kappa shape index (κ2) is 7.56. The second-order valence-corrected chi connectivity index (χ2v) is 8.09. The molecule has 8 heteroatoms. The highest BCUT2D eigenvalue weighted by Crippen LogP contribution is 2.37. The minimum absolute atomic E-state index is 0.0842. The van der Waals surface area contributed by atoms with Crippen LogP contribution in [0.3, 0.4) is 0 Å². The van der Waals surface area contributed by atoms with Crippen molar-refractivity contribution in [3.63, 3.8) is 0 Å². The van der Waals surface area contributed by atoms with E-state index < -0.39 is 0 Å². The standard InChI is InChI=1S/C19H21N5O2S/c1-23-18-14(10-21-23)19(26)24(12-20-18)11-17(25)22-15-8-4-5-9-16(15)27-13-6-2-3-7-13/h4-5,8-10,12-13H,2-3,6-7,11H2,1H3,(H,22,25). The predicted octanol–water partition coefficient (Wildman–Crippen LogP) is 2.80. The number of rotatable bonds is 5. The molecule has 2 heterocycles. The summed E-state index contributed by atoms with van der Waals surface area (Å²) < 4.78 is 2.85. The van der Waals surface area contributed by atoms with Gasteiger partial charge < -0.3 is 5.32 Å². The van der Waals surface area contributed by atoms with E-state index in [4.69, 9.17) is 0 Å². The maximum Gasteiger partial charge on any atom is 0.264 e. The fourth-order valence-electron chi connectivity index (χ4n) is 3.38. The van der Waals surface area contributed by atoms with Crippen LogP contribution in [-0.2, 0) is 18.4 Å². The summed E-state index contributed by atoms with van der Waals surface area (Å²) in [6.45, 7) is -0.0842. The van der Waals surface area contributed by atoms with E-state index in [1.165, 1.54) is 47.5 Å². The first-order valence-electron chi connectivity index (χ1n) is 9.04.